The van der Waals surface area contributed by atoms with Gasteiger partial charge in [0.25, 0.3) is 0 Å². The van der Waals surface area contributed by atoms with Crippen molar-refractivity contribution in [3.8, 4) is 0 Å². The minimum Gasteiger partial charge on any atom is -0.465 e. The van der Waals surface area contributed by atoms with Gasteiger partial charge in [-0.2, -0.15) is 0 Å². The van der Waals surface area contributed by atoms with Gasteiger partial charge in [0.1, 0.15) is 4.88 Å². The van der Waals surface area contributed by atoms with Crippen molar-refractivity contribution in [3.05, 3.63) is 10.6 Å². The van der Waals surface area contributed by atoms with Gasteiger partial charge in [-0.1, -0.05) is 24.7 Å². The van der Waals surface area contributed by atoms with Crippen LogP contribution in [0.5, 0.6) is 0 Å². The van der Waals surface area contributed by atoms with Crippen LogP contribution in [-0.2, 0) is 4.74 Å². The standard InChI is InChI=1S/C14H22N2O2S/c1-4-7-11-8-5-6-9-16(11)14-15-10(2)12(19-14)13(17)18-3/h11H,4-9H2,1-3H3. The number of aromatic nitrogens is 1. The van der Waals surface area contributed by atoms with Crippen molar-refractivity contribution in [2.24, 2.45) is 0 Å². The molecule has 1 saturated heterocycles. The van der Waals surface area contributed by atoms with Crippen molar-refractivity contribution >= 4 is 22.4 Å². The monoisotopic (exact) mass is 282 g/mol. The largest absolute Gasteiger partial charge is 0.465 e. The number of methoxy groups -OCH3 is 1. The number of rotatable bonds is 4. The number of aryl methyl sites for hydroxylation is 1. The SMILES string of the molecule is CCCC1CCCCN1c1nc(C)c(C(=O)OC)s1. The van der Waals surface area contributed by atoms with Gasteiger partial charge in [-0.25, -0.2) is 9.78 Å². The zero-order valence-electron chi connectivity index (χ0n) is 11.9. The lowest BCUT2D eigenvalue weighted by atomic mass is 9.99. The van der Waals surface area contributed by atoms with Gasteiger partial charge in [-0.05, 0) is 32.6 Å². The van der Waals surface area contributed by atoms with Crippen LogP contribution in [0.15, 0.2) is 0 Å². The minimum atomic E-state index is -0.273. The number of esters is 1. The number of anilines is 1. The Morgan fingerprint density at radius 2 is 2.32 bits per heavy atom. The number of ether oxygens (including phenoxy) is 1. The highest BCUT2D eigenvalue weighted by molar-refractivity contribution is 7.17. The van der Waals surface area contributed by atoms with Crippen LogP contribution in [0, 0.1) is 6.92 Å². The van der Waals surface area contributed by atoms with E-state index < -0.39 is 0 Å². The molecule has 2 heterocycles. The lowest BCUT2D eigenvalue weighted by Gasteiger charge is -2.35. The summed E-state index contributed by atoms with van der Waals surface area (Å²) in [7, 11) is 1.42. The molecule has 0 bridgehead atoms. The summed E-state index contributed by atoms with van der Waals surface area (Å²) in [4.78, 5) is 19.3. The lowest BCUT2D eigenvalue weighted by Crippen LogP contribution is -2.39. The van der Waals surface area contributed by atoms with E-state index in [4.69, 9.17) is 4.74 Å². The first-order valence-corrected chi connectivity index (χ1v) is 7.81. The highest BCUT2D eigenvalue weighted by Crippen LogP contribution is 2.32. The van der Waals surface area contributed by atoms with Crippen LogP contribution in [0.3, 0.4) is 0 Å². The van der Waals surface area contributed by atoms with Gasteiger partial charge in [0.15, 0.2) is 5.13 Å². The van der Waals surface area contributed by atoms with Crippen LogP contribution >= 0.6 is 11.3 Å². The predicted molar refractivity (Wildman–Crippen MR) is 78.1 cm³/mol. The van der Waals surface area contributed by atoms with E-state index in [1.165, 1.54) is 50.6 Å². The maximum Gasteiger partial charge on any atom is 0.350 e. The zero-order valence-corrected chi connectivity index (χ0v) is 12.8. The van der Waals surface area contributed by atoms with Gasteiger partial charge in [0, 0.05) is 12.6 Å². The first kappa shape index (κ1) is 14.3. The second-order valence-corrected chi connectivity index (χ2v) is 6.01. The summed E-state index contributed by atoms with van der Waals surface area (Å²) in [5.41, 5.74) is 0.785. The molecule has 106 valence electrons. The van der Waals surface area contributed by atoms with Crippen LogP contribution in [0.2, 0.25) is 0 Å². The summed E-state index contributed by atoms with van der Waals surface area (Å²) in [6, 6.07) is 0.579. The molecule has 0 saturated carbocycles. The van der Waals surface area contributed by atoms with Gasteiger partial charge in [-0.3, -0.25) is 0 Å². The van der Waals surface area contributed by atoms with E-state index in [-0.39, 0.29) is 5.97 Å². The molecular formula is C14H22N2O2S. The zero-order chi connectivity index (χ0) is 13.8. The van der Waals surface area contributed by atoms with Crippen molar-refractivity contribution < 1.29 is 9.53 Å². The van der Waals surface area contributed by atoms with Gasteiger partial charge in [0.05, 0.1) is 12.8 Å². The molecule has 0 radical (unpaired) electrons. The molecule has 2 rings (SSSR count). The Morgan fingerprint density at radius 1 is 1.53 bits per heavy atom. The molecule has 1 aromatic heterocycles. The quantitative estimate of drug-likeness (QED) is 0.794. The molecule has 1 aromatic rings. The summed E-state index contributed by atoms with van der Waals surface area (Å²) in [6.07, 6.45) is 6.14. The lowest BCUT2D eigenvalue weighted by molar-refractivity contribution is 0.0605. The van der Waals surface area contributed by atoms with Crippen molar-refractivity contribution in [1.82, 2.24) is 4.98 Å². The fraction of sp³-hybridized carbons (Fsp3) is 0.714. The molecule has 0 aliphatic carbocycles. The third kappa shape index (κ3) is 3.08. The summed E-state index contributed by atoms with van der Waals surface area (Å²) < 4.78 is 4.81. The molecule has 1 aliphatic heterocycles. The number of hydrogen-bond acceptors (Lipinski definition) is 5. The van der Waals surface area contributed by atoms with E-state index in [9.17, 15) is 4.79 Å². The summed E-state index contributed by atoms with van der Waals surface area (Å²) in [5.74, 6) is -0.273. The van der Waals surface area contributed by atoms with Crippen molar-refractivity contribution in [2.45, 2.75) is 52.0 Å². The number of piperidine rings is 1. The van der Waals surface area contributed by atoms with Crippen molar-refractivity contribution in [3.63, 3.8) is 0 Å². The van der Waals surface area contributed by atoms with Crippen LogP contribution in [0.25, 0.3) is 0 Å². The highest BCUT2D eigenvalue weighted by atomic mass is 32.1. The Bertz CT molecular complexity index is 443. The Morgan fingerprint density at radius 3 is 3.00 bits per heavy atom. The Balaban J connectivity index is 2.22. The third-order valence-corrected chi connectivity index (χ3v) is 4.83. The molecule has 0 spiro atoms. The molecule has 0 amide bonds. The average molecular weight is 282 g/mol. The first-order valence-electron chi connectivity index (χ1n) is 6.99. The smallest absolute Gasteiger partial charge is 0.350 e. The summed E-state index contributed by atoms with van der Waals surface area (Å²) >= 11 is 1.47. The van der Waals surface area contributed by atoms with Gasteiger partial charge >= 0.3 is 5.97 Å². The maximum absolute atomic E-state index is 11.7. The topological polar surface area (TPSA) is 42.4 Å². The minimum absolute atomic E-state index is 0.273. The second kappa shape index (κ2) is 6.37. The Hall–Kier alpha value is -1.10. The highest BCUT2D eigenvalue weighted by Gasteiger charge is 2.26. The fourth-order valence-corrected chi connectivity index (χ4v) is 3.76. The summed E-state index contributed by atoms with van der Waals surface area (Å²) in [5, 5.41) is 0.982. The van der Waals surface area contributed by atoms with E-state index in [2.05, 4.69) is 16.8 Å². The molecule has 1 atom stereocenters. The third-order valence-electron chi connectivity index (χ3n) is 3.65. The van der Waals surface area contributed by atoms with Crippen LogP contribution < -0.4 is 4.90 Å². The maximum atomic E-state index is 11.7. The van der Waals surface area contributed by atoms with Gasteiger partial charge in [-0.15, -0.1) is 0 Å². The summed E-state index contributed by atoms with van der Waals surface area (Å²) in [6.45, 7) is 5.16. The Labute approximate surface area is 118 Å². The predicted octanol–water partition coefficient (Wildman–Crippen LogP) is 3.40. The molecular weight excluding hydrogens is 260 g/mol. The number of hydrogen-bond donors (Lipinski definition) is 0. The van der Waals surface area contributed by atoms with E-state index in [1.54, 1.807) is 0 Å². The molecule has 1 fully saturated rings. The van der Waals surface area contributed by atoms with Gasteiger partial charge < -0.3 is 9.64 Å². The van der Waals surface area contributed by atoms with Crippen molar-refractivity contribution in [1.29, 1.82) is 0 Å². The molecule has 4 nitrogen and oxygen atoms in total. The van der Waals surface area contributed by atoms with E-state index >= 15 is 0 Å². The van der Waals surface area contributed by atoms with Crippen LogP contribution in [-0.4, -0.2) is 30.6 Å². The Kier molecular flexibility index (Phi) is 4.80. The number of carbonyl (C=O) groups is 1. The van der Waals surface area contributed by atoms with Crippen LogP contribution in [0.1, 0.15) is 54.4 Å². The molecule has 1 aliphatic rings. The molecule has 19 heavy (non-hydrogen) atoms. The molecule has 5 heteroatoms. The van der Waals surface area contributed by atoms with E-state index in [0.29, 0.717) is 10.9 Å². The number of carbonyl (C=O) groups excluding carboxylic acids is 1. The number of nitrogens with zero attached hydrogens (tertiary/aromatic N) is 2. The normalized spacial score (nSPS) is 19.5. The van der Waals surface area contributed by atoms with E-state index in [1.807, 2.05) is 6.92 Å². The van der Waals surface area contributed by atoms with E-state index in [0.717, 1.165) is 17.4 Å². The van der Waals surface area contributed by atoms with Crippen LogP contribution in [0.4, 0.5) is 5.13 Å². The average Bonchev–Trinajstić information content (AvgIpc) is 2.81. The number of thiazole rings is 1. The molecule has 1 unspecified atom stereocenters. The first-order chi connectivity index (χ1) is 9.17. The molecule has 0 N–H and O–H groups in total. The molecule has 0 aromatic carbocycles. The van der Waals surface area contributed by atoms with Crippen molar-refractivity contribution in [2.75, 3.05) is 18.6 Å². The van der Waals surface area contributed by atoms with Gasteiger partial charge in [0.2, 0.25) is 0 Å². The second-order valence-electron chi connectivity index (χ2n) is 5.03. The fourth-order valence-electron chi connectivity index (χ4n) is 2.67.